The Morgan fingerprint density at radius 3 is 2.76 bits per heavy atom. The van der Waals surface area contributed by atoms with Crippen molar-refractivity contribution >= 4 is 29.1 Å². The van der Waals surface area contributed by atoms with Crippen LogP contribution >= 0.6 is 23.2 Å². The van der Waals surface area contributed by atoms with Gasteiger partial charge in [-0.2, -0.15) is 5.10 Å². The van der Waals surface area contributed by atoms with Crippen LogP contribution in [0.25, 0.3) is 5.69 Å². The van der Waals surface area contributed by atoms with Crippen molar-refractivity contribution in [3.8, 4) is 5.69 Å². The van der Waals surface area contributed by atoms with Crippen molar-refractivity contribution in [2.75, 3.05) is 0 Å². The molecule has 3 N–H and O–H groups in total. The Kier molecular flexibility index (Phi) is 3.33. The van der Waals surface area contributed by atoms with Gasteiger partial charge >= 0.3 is 0 Å². The summed E-state index contributed by atoms with van der Waals surface area (Å²) in [6.07, 6.45) is 1.48. The van der Waals surface area contributed by atoms with E-state index in [-0.39, 0.29) is 5.69 Å². The Balaban J connectivity index is 2.53. The van der Waals surface area contributed by atoms with Gasteiger partial charge < -0.3 is 0 Å². The van der Waals surface area contributed by atoms with Crippen molar-refractivity contribution in [2.24, 2.45) is 5.84 Å². The molecule has 1 heterocycles. The number of nitrogen functional groups attached to an aromatic ring is 1. The molecule has 0 atom stereocenters. The first-order valence-electron chi connectivity index (χ1n) is 4.64. The molecular weight excluding hydrogens is 263 g/mol. The first kappa shape index (κ1) is 11.9. The average molecular weight is 271 g/mol. The molecule has 0 spiro atoms. The fourth-order valence-corrected chi connectivity index (χ4v) is 1.88. The molecule has 2 aromatic rings. The number of carbonyl (C=O) groups excluding carboxylic acids is 1. The number of rotatable bonds is 2. The molecule has 0 unspecified atom stereocenters. The molecule has 1 aromatic heterocycles. The van der Waals surface area contributed by atoms with Crippen LogP contribution in [0, 0.1) is 0 Å². The summed E-state index contributed by atoms with van der Waals surface area (Å²) < 4.78 is 1.39. The van der Waals surface area contributed by atoms with Crippen LogP contribution in [-0.4, -0.2) is 15.7 Å². The Labute approximate surface area is 107 Å². The molecular formula is C10H8Cl2N4O. The van der Waals surface area contributed by atoms with E-state index in [2.05, 4.69) is 5.10 Å². The second-order valence-corrected chi connectivity index (χ2v) is 4.04. The van der Waals surface area contributed by atoms with Crippen molar-refractivity contribution in [2.45, 2.75) is 0 Å². The molecule has 2 rings (SSSR count). The summed E-state index contributed by atoms with van der Waals surface area (Å²) in [4.78, 5) is 11.5. The lowest BCUT2D eigenvalue weighted by atomic mass is 10.3. The molecule has 0 saturated carbocycles. The van der Waals surface area contributed by atoms with Crippen LogP contribution in [0.3, 0.4) is 0 Å². The minimum atomic E-state index is -0.450. The second-order valence-electron chi connectivity index (χ2n) is 3.20. The van der Waals surface area contributed by atoms with E-state index in [4.69, 9.17) is 29.0 Å². The topological polar surface area (TPSA) is 72.9 Å². The summed E-state index contributed by atoms with van der Waals surface area (Å²) in [5.74, 6) is 4.63. The van der Waals surface area contributed by atoms with Gasteiger partial charge in [0.1, 0.15) is 5.69 Å². The van der Waals surface area contributed by atoms with Crippen LogP contribution in [0.4, 0.5) is 0 Å². The van der Waals surface area contributed by atoms with Crippen LogP contribution in [0.1, 0.15) is 10.5 Å². The molecule has 0 saturated heterocycles. The number of nitrogens with zero attached hydrogens (tertiary/aromatic N) is 2. The number of amides is 1. The van der Waals surface area contributed by atoms with Gasteiger partial charge in [-0.15, -0.1) is 0 Å². The van der Waals surface area contributed by atoms with Crippen LogP contribution in [0.5, 0.6) is 0 Å². The van der Waals surface area contributed by atoms with Crippen LogP contribution in [0.2, 0.25) is 10.0 Å². The van der Waals surface area contributed by atoms with Crippen LogP contribution in [0.15, 0.2) is 30.5 Å². The molecule has 0 aliphatic heterocycles. The molecule has 0 bridgehead atoms. The average Bonchev–Trinajstić information content (AvgIpc) is 2.77. The number of hydrazine groups is 1. The van der Waals surface area contributed by atoms with Crippen molar-refractivity contribution in [1.29, 1.82) is 0 Å². The number of benzene rings is 1. The van der Waals surface area contributed by atoms with E-state index in [1.165, 1.54) is 16.9 Å². The SMILES string of the molecule is NNC(=O)c1ccnn1-c1ccc(Cl)cc1Cl. The largest absolute Gasteiger partial charge is 0.289 e. The Bertz CT molecular complexity index is 567. The first-order chi connectivity index (χ1) is 8.13. The zero-order chi connectivity index (χ0) is 12.4. The highest BCUT2D eigenvalue weighted by Gasteiger charge is 2.14. The first-order valence-corrected chi connectivity index (χ1v) is 5.39. The molecule has 0 fully saturated rings. The van der Waals surface area contributed by atoms with Crippen LogP contribution in [-0.2, 0) is 0 Å². The number of hydrogen-bond donors (Lipinski definition) is 2. The molecule has 1 aromatic carbocycles. The molecule has 0 radical (unpaired) electrons. The lowest BCUT2D eigenvalue weighted by Gasteiger charge is -2.08. The second kappa shape index (κ2) is 4.75. The molecule has 1 amide bonds. The quantitative estimate of drug-likeness (QED) is 0.496. The van der Waals surface area contributed by atoms with Gasteiger partial charge in [-0.1, -0.05) is 23.2 Å². The fraction of sp³-hybridized carbons (Fsp3) is 0. The zero-order valence-corrected chi connectivity index (χ0v) is 10.0. The summed E-state index contributed by atoms with van der Waals surface area (Å²) in [6.45, 7) is 0. The fourth-order valence-electron chi connectivity index (χ4n) is 1.39. The lowest BCUT2D eigenvalue weighted by molar-refractivity contribution is 0.0946. The highest BCUT2D eigenvalue weighted by Crippen LogP contribution is 2.24. The smallest absolute Gasteiger partial charge is 0.283 e. The van der Waals surface area contributed by atoms with E-state index in [0.717, 1.165) is 0 Å². The van der Waals surface area contributed by atoms with Gasteiger partial charge in [0, 0.05) is 5.02 Å². The standard InChI is InChI=1S/C10H8Cl2N4O/c11-6-1-2-8(7(12)5-6)16-9(3-4-14-16)10(17)15-13/h1-5H,13H2,(H,15,17). The van der Waals surface area contributed by atoms with Crippen molar-refractivity contribution in [3.05, 3.63) is 46.2 Å². The maximum Gasteiger partial charge on any atom is 0.283 e. The number of hydrogen-bond acceptors (Lipinski definition) is 3. The number of halogens is 2. The number of nitrogens with two attached hydrogens (primary N) is 1. The van der Waals surface area contributed by atoms with Crippen LogP contribution < -0.4 is 11.3 Å². The van der Waals surface area contributed by atoms with Gasteiger partial charge in [-0.25, -0.2) is 10.5 Å². The van der Waals surface area contributed by atoms with Gasteiger partial charge in [0.2, 0.25) is 0 Å². The maximum absolute atomic E-state index is 11.5. The third-order valence-corrected chi connectivity index (χ3v) is 2.68. The van der Waals surface area contributed by atoms with Gasteiger partial charge in [0.05, 0.1) is 16.9 Å². The predicted molar refractivity (Wildman–Crippen MR) is 65.2 cm³/mol. The predicted octanol–water partition coefficient (Wildman–Crippen LogP) is 1.78. The highest BCUT2D eigenvalue weighted by atomic mass is 35.5. The van der Waals surface area contributed by atoms with Gasteiger partial charge in [-0.05, 0) is 24.3 Å². The minimum absolute atomic E-state index is 0.289. The molecule has 0 aliphatic carbocycles. The monoisotopic (exact) mass is 270 g/mol. The molecule has 5 nitrogen and oxygen atoms in total. The summed E-state index contributed by atoms with van der Waals surface area (Å²) in [5.41, 5.74) is 2.88. The normalized spacial score (nSPS) is 10.3. The number of aromatic nitrogens is 2. The molecule has 17 heavy (non-hydrogen) atoms. The Hall–Kier alpha value is -1.56. The van der Waals surface area contributed by atoms with E-state index in [1.54, 1.807) is 18.2 Å². The number of carbonyl (C=O) groups is 1. The van der Waals surface area contributed by atoms with Crippen molar-refractivity contribution < 1.29 is 4.79 Å². The summed E-state index contributed by atoms with van der Waals surface area (Å²) in [5, 5.41) is 4.92. The maximum atomic E-state index is 11.5. The number of nitrogens with one attached hydrogen (secondary N) is 1. The Morgan fingerprint density at radius 1 is 1.35 bits per heavy atom. The van der Waals surface area contributed by atoms with Gasteiger partial charge in [0.25, 0.3) is 5.91 Å². The van der Waals surface area contributed by atoms with Gasteiger partial charge in [-0.3, -0.25) is 10.2 Å². The molecule has 7 heteroatoms. The van der Waals surface area contributed by atoms with E-state index < -0.39 is 5.91 Å². The summed E-state index contributed by atoms with van der Waals surface area (Å²) >= 11 is 11.8. The molecule has 88 valence electrons. The van der Waals surface area contributed by atoms with E-state index in [1.807, 2.05) is 5.43 Å². The van der Waals surface area contributed by atoms with E-state index >= 15 is 0 Å². The van der Waals surface area contributed by atoms with Crippen molar-refractivity contribution in [3.63, 3.8) is 0 Å². The third-order valence-electron chi connectivity index (χ3n) is 2.14. The minimum Gasteiger partial charge on any atom is -0.289 e. The zero-order valence-electron chi connectivity index (χ0n) is 8.52. The summed E-state index contributed by atoms with van der Waals surface area (Å²) in [7, 11) is 0. The molecule has 0 aliphatic rings. The summed E-state index contributed by atoms with van der Waals surface area (Å²) in [6, 6.07) is 6.44. The third kappa shape index (κ3) is 2.26. The Morgan fingerprint density at radius 2 is 2.12 bits per heavy atom. The lowest BCUT2D eigenvalue weighted by Crippen LogP contribution is -2.31. The van der Waals surface area contributed by atoms with Crippen molar-refractivity contribution in [1.82, 2.24) is 15.2 Å². The van der Waals surface area contributed by atoms with Gasteiger partial charge in [0.15, 0.2) is 0 Å². The van der Waals surface area contributed by atoms with E-state index in [0.29, 0.717) is 15.7 Å². The van der Waals surface area contributed by atoms with E-state index in [9.17, 15) is 4.79 Å². The highest BCUT2D eigenvalue weighted by molar-refractivity contribution is 6.35.